The third kappa shape index (κ3) is 7.25. The number of carboxylic acids is 1. The van der Waals surface area contributed by atoms with Gasteiger partial charge in [-0.25, -0.2) is 9.97 Å². The molecule has 1 amide bonds. The van der Waals surface area contributed by atoms with Gasteiger partial charge in [-0.05, 0) is 121 Å². The first kappa shape index (κ1) is 54.4. The predicted octanol–water partition coefficient (Wildman–Crippen LogP) is 0.865. The first-order valence-corrected chi connectivity index (χ1v) is 28.0. The van der Waals surface area contributed by atoms with Gasteiger partial charge in [0.25, 0.3) is 0 Å². The number of H-pyrrole nitrogens is 2. The quantitative estimate of drug-likeness (QED) is 0.0751. The number of amides is 1. The fraction of sp³-hybridized carbons (Fsp3) is 0.818. The fourth-order valence-electron chi connectivity index (χ4n) is 20.2. The molecule has 24 atom stereocenters. The Hall–Kier alpha value is -3.58. The Balaban J connectivity index is 1.12. The summed E-state index contributed by atoms with van der Waals surface area (Å²) in [5.41, 5.74) is 2.66. The average Bonchev–Trinajstić information content (AvgIpc) is 4.24. The number of nitrogens with one attached hydrogen (secondary N) is 4. The summed E-state index contributed by atoms with van der Waals surface area (Å²) in [4.78, 5) is 44.3. The van der Waals surface area contributed by atoms with Crippen molar-refractivity contribution in [2.75, 3.05) is 38.3 Å². The van der Waals surface area contributed by atoms with E-state index in [9.17, 15) is 60.7 Å². The zero-order valence-corrected chi connectivity index (χ0v) is 44.2. The van der Waals surface area contributed by atoms with E-state index in [4.69, 9.17) is 20.2 Å². The van der Waals surface area contributed by atoms with Crippen LogP contribution in [0.4, 0.5) is 5.82 Å². The van der Waals surface area contributed by atoms with E-state index in [1.807, 2.05) is 6.92 Å². The number of fused-ring (bicyclic) bond motifs is 6. The van der Waals surface area contributed by atoms with Crippen LogP contribution in [-0.2, 0) is 25.5 Å². The molecule has 21 nitrogen and oxygen atoms in total. The van der Waals surface area contributed by atoms with Crippen LogP contribution in [0.1, 0.15) is 116 Å². The van der Waals surface area contributed by atoms with Crippen LogP contribution in [-0.4, -0.2) is 171 Å². The van der Waals surface area contributed by atoms with Crippen molar-refractivity contribution in [3.05, 3.63) is 41.9 Å². The number of aliphatic hydroxyl groups excluding tert-OH is 9. The number of aliphatic hydroxyl groups is 9. The number of nitrogens with two attached hydrogens (primary N) is 1. The van der Waals surface area contributed by atoms with Crippen molar-refractivity contribution >= 4 is 17.7 Å². The van der Waals surface area contributed by atoms with E-state index in [1.165, 1.54) is 12.5 Å². The summed E-state index contributed by atoms with van der Waals surface area (Å²) in [6, 6.07) is -0.890. The van der Waals surface area contributed by atoms with Crippen molar-refractivity contribution in [2.24, 2.45) is 85.1 Å². The molecule has 6 aliphatic carbocycles. The highest BCUT2D eigenvalue weighted by Gasteiger charge is 2.82. The number of aromatic nitrogens is 4. The Labute approximate surface area is 442 Å². The molecule has 2 bridgehead atoms. The van der Waals surface area contributed by atoms with Crippen molar-refractivity contribution in [3.8, 4) is 0 Å². The molecule has 11 rings (SSSR count). The zero-order valence-electron chi connectivity index (χ0n) is 44.2. The lowest BCUT2D eigenvalue weighted by molar-refractivity contribution is -0.362. The van der Waals surface area contributed by atoms with Gasteiger partial charge in [-0.3, -0.25) is 9.59 Å². The highest BCUT2D eigenvalue weighted by atomic mass is 16.7. The van der Waals surface area contributed by atoms with Crippen LogP contribution in [0.15, 0.2) is 30.5 Å². The van der Waals surface area contributed by atoms with Gasteiger partial charge in [0.05, 0.1) is 67.8 Å². The summed E-state index contributed by atoms with van der Waals surface area (Å²) in [7, 11) is 0. The lowest BCUT2D eigenvalue weighted by Crippen LogP contribution is -2.79. The third-order valence-corrected chi connectivity index (χ3v) is 23.6. The van der Waals surface area contributed by atoms with Crippen molar-refractivity contribution in [1.29, 1.82) is 0 Å². The lowest BCUT2D eigenvalue weighted by Gasteiger charge is -2.82. The van der Waals surface area contributed by atoms with Crippen molar-refractivity contribution in [3.63, 3.8) is 0 Å². The van der Waals surface area contributed by atoms with Crippen LogP contribution < -0.4 is 16.4 Å². The van der Waals surface area contributed by atoms with Crippen LogP contribution in [0, 0.1) is 79.3 Å². The third-order valence-electron chi connectivity index (χ3n) is 23.6. The van der Waals surface area contributed by atoms with Crippen molar-refractivity contribution in [2.45, 2.75) is 166 Å². The van der Waals surface area contributed by atoms with E-state index in [0.717, 1.165) is 24.1 Å². The van der Waals surface area contributed by atoms with Crippen LogP contribution in [0.25, 0.3) is 0 Å². The Kier molecular flexibility index (Phi) is 13.6. The van der Waals surface area contributed by atoms with Crippen LogP contribution in [0.2, 0.25) is 0 Å². The molecule has 422 valence electrons. The molecule has 5 heterocycles. The molecule has 9 aliphatic rings. The lowest BCUT2D eigenvalue weighted by atomic mass is 9.22. The second kappa shape index (κ2) is 19.0. The number of imidazole rings is 2. The molecule has 1 spiro atoms. The Morgan fingerprint density at radius 1 is 0.961 bits per heavy atom. The zero-order chi connectivity index (χ0) is 54.3. The Morgan fingerprint density at radius 3 is 2.42 bits per heavy atom. The molecule has 2 aromatic rings. The molecule has 5 saturated carbocycles. The molecule has 0 unspecified atom stereocenters. The molecule has 7 fully saturated rings. The summed E-state index contributed by atoms with van der Waals surface area (Å²) in [6.07, 6.45) is 1.08. The molecular formula is C55H83N7O14. The number of hydrogen-bond donors (Lipinski definition) is 15. The molecule has 2 aromatic heterocycles. The van der Waals surface area contributed by atoms with Crippen molar-refractivity contribution in [1.82, 2.24) is 25.3 Å². The molecule has 0 radical (unpaired) electrons. The highest BCUT2D eigenvalue weighted by Crippen LogP contribution is 2.86. The summed E-state index contributed by atoms with van der Waals surface area (Å²) >= 11 is 0. The van der Waals surface area contributed by atoms with Gasteiger partial charge in [-0.1, -0.05) is 45.8 Å². The molecule has 21 heteroatoms. The van der Waals surface area contributed by atoms with E-state index in [1.54, 1.807) is 6.33 Å². The van der Waals surface area contributed by atoms with Gasteiger partial charge in [0.15, 0.2) is 6.29 Å². The van der Waals surface area contributed by atoms with E-state index in [2.05, 4.69) is 52.4 Å². The number of anilines is 1. The van der Waals surface area contributed by atoms with Gasteiger partial charge in [0.1, 0.15) is 30.4 Å². The monoisotopic (exact) mass is 1070 g/mol. The van der Waals surface area contributed by atoms with Gasteiger partial charge in [0.2, 0.25) is 5.91 Å². The van der Waals surface area contributed by atoms with Crippen LogP contribution in [0.3, 0.4) is 0 Å². The number of ether oxygens (including phenoxy) is 2. The van der Waals surface area contributed by atoms with E-state index >= 15 is 0 Å². The van der Waals surface area contributed by atoms with Gasteiger partial charge in [-0.2, -0.15) is 0 Å². The van der Waals surface area contributed by atoms with Gasteiger partial charge in [-0.15, -0.1) is 0 Å². The molecule has 0 aromatic carbocycles. The number of allylic oxidation sites excluding steroid dienone is 2. The summed E-state index contributed by atoms with van der Waals surface area (Å²) in [5, 5.41) is 122. The van der Waals surface area contributed by atoms with Gasteiger partial charge < -0.3 is 86.9 Å². The fourth-order valence-corrected chi connectivity index (χ4v) is 20.2. The van der Waals surface area contributed by atoms with Gasteiger partial charge in [0, 0.05) is 54.3 Å². The summed E-state index contributed by atoms with van der Waals surface area (Å²) in [5.74, 6) is -5.47. The van der Waals surface area contributed by atoms with E-state index < -0.39 is 154 Å². The SMILES string of the molecule is C[C@]1(CO)CC[C@@]2(C(=O)O)[C@@H](C1)C1=CC[C@@]34CCC[C@]1([C@H]1Cc5[nH]cnc5NC[C@@H]12)[C@]3(C)CC[C@@H]1[C@](C)(CO)[C@H](O[C@@H]2OC[C@@H](O)[C@H](O)[C@H]2O)[C@H](O)[C@@H](C[C@@H]2[C@@H]([C@@H](c3cnc[nH]3)[C@H](O)C[C@@H](N)O)NC(=O)[C@H]2CO)[C@@]14C. The number of aliphatic carboxylic acids is 1. The van der Waals surface area contributed by atoms with Gasteiger partial charge >= 0.3 is 5.97 Å². The maximum atomic E-state index is 14.5. The number of hydrogen-bond acceptors (Lipinski definition) is 17. The first-order valence-electron chi connectivity index (χ1n) is 28.0. The number of rotatable bonds is 13. The molecule has 76 heavy (non-hydrogen) atoms. The number of aromatic amines is 2. The normalized spacial score (nSPS) is 48.7. The maximum absolute atomic E-state index is 14.5. The van der Waals surface area contributed by atoms with Crippen LogP contribution in [0.5, 0.6) is 0 Å². The second-order valence-electron chi connectivity index (χ2n) is 26.3. The molecule has 3 aliphatic heterocycles. The Bertz CT molecular complexity index is 2530. The average molecular weight is 1070 g/mol. The number of carboxylic acid groups (broad SMARTS) is 1. The predicted molar refractivity (Wildman–Crippen MR) is 271 cm³/mol. The minimum atomic E-state index is -1.72. The first-order chi connectivity index (χ1) is 36.1. The van der Waals surface area contributed by atoms with E-state index in [-0.39, 0.29) is 37.9 Å². The molecular weight excluding hydrogens is 983 g/mol. The molecule has 2 saturated heterocycles. The largest absolute Gasteiger partial charge is 0.481 e. The number of carbonyl (C=O) groups excluding carboxylic acids is 1. The second-order valence-corrected chi connectivity index (χ2v) is 26.3. The molecule has 16 N–H and O–H groups in total. The topological polar surface area (TPSA) is 362 Å². The number of carbonyl (C=O) groups is 2. The van der Waals surface area contributed by atoms with Crippen molar-refractivity contribution < 1.29 is 70.1 Å². The maximum Gasteiger partial charge on any atom is 0.310 e. The summed E-state index contributed by atoms with van der Waals surface area (Å²) < 4.78 is 12.6. The smallest absolute Gasteiger partial charge is 0.310 e. The standard InChI is InChI=1S/C55H83N7O14/c1-49(22-64)12-13-54(48(73)74)31(17-49)28-6-11-53-8-5-9-55(28,29-15-33-45(61-25-60-33)58-18-32(29)54)51(53,3)10-7-37-50(2,23-65)44(76-47-43(71)42(70)36(67)21-75-47)41(69)30(52(37,53)4)14-26-27(20-63)46(72)62-40(26)39(34-19-57-24-59-34)35(66)16-38(56)68/h6,19,24-27,29-32,35-44,47,58,63-71H,5,7-18,20-23,56H2,1-4H3,(H,57,59)(H,60,61)(H,62,72)(H,73,74)/t26-,27-,29-,30+,31-,32-,35+,36+,37+,38-,39-,40-,41+,42-,43+,44+,47-,49-,50-,51+,52-,53-,54+,55-/m0/s1. The highest BCUT2D eigenvalue weighted by molar-refractivity contribution is 5.82. The number of nitrogens with zero attached hydrogens (tertiary/aromatic N) is 2. The Morgan fingerprint density at radius 2 is 1.74 bits per heavy atom. The minimum absolute atomic E-state index is 0.0777. The van der Waals surface area contributed by atoms with E-state index in [0.29, 0.717) is 69.4 Å². The van der Waals surface area contributed by atoms with Crippen LogP contribution >= 0.6 is 0 Å². The summed E-state index contributed by atoms with van der Waals surface area (Å²) in [6.45, 7) is 7.54. The minimum Gasteiger partial charge on any atom is -0.481 e.